The SMILES string of the molecule is CCOC(=O)/C(=C/c1ccc(Br)cc1)c1nnc(N)s1. The van der Waals surface area contributed by atoms with Gasteiger partial charge in [-0.1, -0.05) is 39.4 Å². The maximum atomic E-state index is 12.0. The van der Waals surface area contributed by atoms with Crippen LogP contribution in [0.4, 0.5) is 5.13 Å². The molecule has 1 aromatic heterocycles. The fourth-order valence-electron chi connectivity index (χ4n) is 1.49. The number of carbonyl (C=O) groups excluding carboxylic acids is 1. The third-order valence-corrected chi connectivity index (χ3v) is 3.66. The van der Waals surface area contributed by atoms with Crippen molar-refractivity contribution in [2.45, 2.75) is 6.92 Å². The fraction of sp³-hybridized carbons (Fsp3) is 0.154. The highest BCUT2D eigenvalue weighted by Gasteiger charge is 2.17. The third-order valence-electron chi connectivity index (χ3n) is 2.35. The zero-order chi connectivity index (χ0) is 14.5. The van der Waals surface area contributed by atoms with Crippen molar-refractivity contribution < 1.29 is 9.53 Å². The minimum absolute atomic E-state index is 0.296. The number of esters is 1. The van der Waals surface area contributed by atoms with E-state index < -0.39 is 5.97 Å². The van der Waals surface area contributed by atoms with E-state index in [0.29, 0.717) is 22.3 Å². The lowest BCUT2D eigenvalue weighted by molar-refractivity contribution is -0.136. The summed E-state index contributed by atoms with van der Waals surface area (Å²) < 4.78 is 6.01. The van der Waals surface area contributed by atoms with Gasteiger partial charge in [-0.3, -0.25) is 0 Å². The van der Waals surface area contributed by atoms with Gasteiger partial charge in [0.25, 0.3) is 0 Å². The van der Waals surface area contributed by atoms with Gasteiger partial charge in [0.05, 0.1) is 12.2 Å². The van der Waals surface area contributed by atoms with Gasteiger partial charge in [0, 0.05) is 4.47 Å². The van der Waals surface area contributed by atoms with E-state index in [4.69, 9.17) is 10.5 Å². The lowest BCUT2D eigenvalue weighted by Crippen LogP contribution is -2.06. The van der Waals surface area contributed by atoms with Gasteiger partial charge in [-0.2, -0.15) is 0 Å². The van der Waals surface area contributed by atoms with Gasteiger partial charge in [0.15, 0.2) is 5.01 Å². The van der Waals surface area contributed by atoms with Crippen molar-refractivity contribution in [2.75, 3.05) is 12.3 Å². The standard InChI is InChI=1S/C13H12BrN3O2S/c1-2-19-12(18)10(11-16-17-13(15)20-11)7-8-3-5-9(14)6-4-8/h3-7H,2H2,1H3,(H2,15,17)/b10-7+. The minimum atomic E-state index is -0.438. The van der Waals surface area contributed by atoms with Crippen LogP contribution < -0.4 is 5.73 Å². The molecule has 7 heteroatoms. The lowest BCUT2D eigenvalue weighted by atomic mass is 10.1. The van der Waals surface area contributed by atoms with Crippen molar-refractivity contribution in [3.8, 4) is 0 Å². The molecule has 5 nitrogen and oxygen atoms in total. The smallest absolute Gasteiger partial charge is 0.341 e. The molecule has 0 radical (unpaired) electrons. The summed E-state index contributed by atoms with van der Waals surface area (Å²) in [6.45, 7) is 2.05. The number of carbonyl (C=O) groups is 1. The summed E-state index contributed by atoms with van der Waals surface area (Å²) in [7, 11) is 0. The Morgan fingerprint density at radius 3 is 2.65 bits per heavy atom. The van der Waals surface area contributed by atoms with Crippen LogP contribution in [0.2, 0.25) is 0 Å². The van der Waals surface area contributed by atoms with E-state index in [9.17, 15) is 4.79 Å². The van der Waals surface area contributed by atoms with Crippen LogP contribution in [0.3, 0.4) is 0 Å². The summed E-state index contributed by atoms with van der Waals surface area (Å²) in [5.41, 5.74) is 6.78. The van der Waals surface area contributed by atoms with E-state index in [-0.39, 0.29) is 0 Å². The molecule has 2 rings (SSSR count). The number of hydrogen-bond donors (Lipinski definition) is 1. The monoisotopic (exact) mass is 353 g/mol. The molecule has 2 N–H and O–H groups in total. The lowest BCUT2D eigenvalue weighted by Gasteiger charge is -2.04. The first-order valence-electron chi connectivity index (χ1n) is 5.84. The highest BCUT2D eigenvalue weighted by Crippen LogP contribution is 2.24. The molecule has 1 aromatic carbocycles. The maximum absolute atomic E-state index is 12.0. The molecule has 0 amide bonds. The summed E-state index contributed by atoms with van der Waals surface area (Å²) in [5.74, 6) is -0.438. The molecule has 0 aliphatic rings. The number of rotatable bonds is 4. The van der Waals surface area contributed by atoms with E-state index >= 15 is 0 Å². The molecule has 0 spiro atoms. The summed E-state index contributed by atoms with van der Waals surface area (Å²) in [6.07, 6.45) is 1.71. The topological polar surface area (TPSA) is 78.1 Å². The van der Waals surface area contributed by atoms with Crippen LogP contribution in [-0.2, 0) is 9.53 Å². The van der Waals surface area contributed by atoms with Gasteiger partial charge in [-0.05, 0) is 30.7 Å². The maximum Gasteiger partial charge on any atom is 0.341 e. The van der Waals surface area contributed by atoms with Gasteiger partial charge < -0.3 is 10.5 Å². The van der Waals surface area contributed by atoms with E-state index in [0.717, 1.165) is 21.4 Å². The fourth-order valence-corrected chi connectivity index (χ4v) is 2.36. The second-order valence-electron chi connectivity index (χ2n) is 3.78. The molecule has 20 heavy (non-hydrogen) atoms. The predicted octanol–water partition coefficient (Wildman–Crippen LogP) is 2.99. The average Bonchev–Trinajstić information content (AvgIpc) is 2.84. The zero-order valence-corrected chi connectivity index (χ0v) is 13.1. The first-order valence-corrected chi connectivity index (χ1v) is 7.45. The molecular weight excluding hydrogens is 342 g/mol. The van der Waals surface area contributed by atoms with E-state index in [1.165, 1.54) is 0 Å². The van der Waals surface area contributed by atoms with Crippen LogP contribution >= 0.6 is 27.3 Å². The number of halogens is 1. The van der Waals surface area contributed by atoms with Gasteiger partial charge in [0.1, 0.15) is 0 Å². The van der Waals surface area contributed by atoms with E-state index in [1.807, 2.05) is 24.3 Å². The number of aromatic nitrogens is 2. The summed E-state index contributed by atoms with van der Waals surface area (Å²) >= 11 is 4.51. The number of ether oxygens (including phenoxy) is 1. The van der Waals surface area contributed by atoms with Crippen molar-refractivity contribution in [3.63, 3.8) is 0 Å². The number of hydrogen-bond acceptors (Lipinski definition) is 6. The Kier molecular flexibility index (Phi) is 4.86. The second kappa shape index (κ2) is 6.62. The van der Waals surface area contributed by atoms with Crippen molar-refractivity contribution >= 4 is 50.0 Å². The molecule has 0 aliphatic heterocycles. The molecule has 0 saturated carbocycles. The average molecular weight is 354 g/mol. The van der Waals surface area contributed by atoms with Crippen LogP contribution in [-0.4, -0.2) is 22.8 Å². The van der Waals surface area contributed by atoms with Gasteiger partial charge in [-0.15, -0.1) is 10.2 Å². The number of benzene rings is 1. The van der Waals surface area contributed by atoms with Crippen molar-refractivity contribution in [3.05, 3.63) is 39.3 Å². The largest absolute Gasteiger partial charge is 0.462 e. The van der Waals surface area contributed by atoms with E-state index in [1.54, 1.807) is 13.0 Å². The van der Waals surface area contributed by atoms with Crippen LogP contribution in [0.1, 0.15) is 17.5 Å². The molecule has 104 valence electrons. The van der Waals surface area contributed by atoms with Crippen molar-refractivity contribution in [1.82, 2.24) is 10.2 Å². The number of nitrogens with two attached hydrogens (primary N) is 1. The van der Waals surface area contributed by atoms with Crippen LogP contribution in [0.25, 0.3) is 11.6 Å². The zero-order valence-electron chi connectivity index (χ0n) is 10.7. The van der Waals surface area contributed by atoms with Crippen LogP contribution in [0.15, 0.2) is 28.7 Å². The molecule has 0 fully saturated rings. The number of nitrogen functional groups attached to an aromatic ring is 1. The van der Waals surface area contributed by atoms with Crippen molar-refractivity contribution in [1.29, 1.82) is 0 Å². The third kappa shape index (κ3) is 3.64. The minimum Gasteiger partial charge on any atom is -0.462 e. The Morgan fingerprint density at radius 1 is 1.40 bits per heavy atom. The molecule has 0 unspecified atom stereocenters. The second-order valence-corrected chi connectivity index (χ2v) is 5.70. The Balaban J connectivity index is 2.40. The first-order chi connectivity index (χ1) is 9.60. The van der Waals surface area contributed by atoms with E-state index in [2.05, 4.69) is 26.1 Å². The van der Waals surface area contributed by atoms with Gasteiger partial charge >= 0.3 is 5.97 Å². The van der Waals surface area contributed by atoms with Gasteiger partial charge in [-0.25, -0.2) is 4.79 Å². The Bertz CT molecular complexity index is 637. The quantitative estimate of drug-likeness (QED) is 0.675. The Hall–Kier alpha value is -1.73. The number of anilines is 1. The van der Waals surface area contributed by atoms with Crippen LogP contribution in [0.5, 0.6) is 0 Å². The number of nitrogens with zero attached hydrogens (tertiary/aromatic N) is 2. The summed E-state index contributed by atoms with van der Waals surface area (Å²) in [6, 6.07) is 7.55. The summed E-state index contributed by atoms with van der Waals surface area (Å²) in [5, 5.41) is 8.38. The molecule has 1 heterocycles. The molecule has 0 bridgehead atoms. The highest BCUT2D eigenvalue weighted by atomic mass is 79.9. The first kappa shape index (κ1) is 14.7. The van der Waals surface area contributed by atoms with Crippen molar-refractivity contribution in [2.24, 2.45) is 0 Å². The normalized spacial score (nSPS) is 11.4. The molecule has 0 aliphatic carbocycles. The molecule has 0 saturated heterocycles. The highest BCUT2D eigenvalue weighted by molar-refractivity contribution is 9.10. The Labute approximate surface area is 128 Å². The summed E-state index contributed by atoms with van der Waals surface area (Å²) in [4.78, 5) is 12.0. The predicted molar refractivity (Wildman–Crippen MR) is 83.0 cm³/mol. The molecule has 2 aromatic rings. The molecular formula is C13H12BrN3O2S. The Morgan fingerprint density at radius 2 is 2.10 bits per heavy atom. The molecule has 0 atom stereocenters. The van der Waals surface area contributed by atoms with Gasteiger partial charge in [0.2, 0.25) is 5.13 Å². The van der Waals surface area contributed by atoms with Crippen LogP contribution in [0, 0.1) is 0 Å².